The van der Waals surface area contributed by atoms with E-state index < -0.39 is 31.2 Å². The Hall–Kier alpha value is -2.07. The summed E-state index contributed by atoms with van der Waals surface area (Å²) in [5, 5.41) is 0. The van der Waals surface area contributed by atoms with Gasteiger partial charge in [-0.3, -0.25) is 0 Å². The molecule has 0 bridgehead atoms. The number of benzene rings is 2. The van der Waals surface area contributed by atoms with Crippen LogP contribution in [0.4, 0.5) is 13.2 Å². The summed E-state index contributed by atoms with van der Waals surface area (Å²) >= 11 is 0. The molecular formula is C14H11F3O5S2. The molecule has 5 nitrogen and oxygen atoms in total. The first-order chi connectivity index (χ1) is 10.9. The van der Waals surface area contributed by atoms with Crippen molar-refractivity contribution in [3.63, 3.8) is 0 Å². The van der Waals surface area contributed by atoms with Gasteiger partial charge in [0, 0.05) is 0 Å². The third-order valence-corrected chi connectivity index (χ3v) is 5.92. The normalized spacial score (nSPS) is 12.8. The van der Waals surface area contributed by atoms with Crippen molar-refractivity contribution in [2.45, 2.75) is 22.2 Å². The van der Waals surface area contributed by atoms with Crippen molar-refractivity contribution < 1.29 is 34.2 Å². The molecule has 2 rings (SSSR count). The van der Waals surface area contributed by atoms with Crippen molar-refractivity contribution in [3.05, 3.63) is 54.1 Å². The maximum absolute atomic E-state index is 12.5. The molecule has 0 fully saturated rings. The van der Waals surface area contributed by atoms with Crippen LogP contribution < -0.4 is 4.18 Å². The lowest BCUT2D eigenvalue weighted by Crippen LogP contribution is -2.28. The molecule has 0 spiro atoms. The highest BCUT2D eigenvalue weighted by Crippen LogP contribution is 2.29. The van der Waals surface area contributed by atoms with Gasteiger partial charge in [-0.25, -0.2) is 8.42 Å². The summed E-state index contributed by atoms with van der Waals surface area (Å²) in [6.07, 6.45) is 0. The van der Waals surface area contributed by atoms with E-state index in [1.54, 1.807) is 19.1 Å². The number of hydrogen-bond donors (Lipinski definition) is 0. The highest BCUT2D eigenvalue weighted by Gasteiger charge is 2.48. The first-order valence-corrected chi connectivity index (χ1v) is 9.26. The van der Waals surface area contributed by atoms with Gasteiger partial charge >= 0.3 is 15.6 Å². The van der Waals surface area contributed by atoms with Crippen molar-refractivity contribution >= 4 is 20.0 Å². The molecule has 2 aromatic rings. The van der Waals surface area contributed by atoms with E-state index in [1.165, 1.54) is 12.1 Å². The molecule has 0 aliphatic carbocycles. The van der Waals surface area contributed by atoms with Gasteiger partial charge in [0.05, 0.1) is 9.79 Å². The minimum Gasteiger partial charge on any atom is -0.376 e. The number of rotatable bonds is 4. The topological polar surface area (TPSA) is 77.5 Å². The van der Waals surface area contributed by atoms with Crippen LogP contribution in [-0.2, 0) is 20.0 Å². The van der Waals surface area contributed by atoms with E-state index in [0.717, 1.165) is 24.3 Å². The summed E-state index contributed by atoms with van der Waals surface area (Å²) in [5.74, 6) is -0.643. The molecule has 0 atom stereocenters. The van der Waals surface area contributed by atoms with Gasteiger partial charge < -0.3 is 4.18 Å². The molecule has 0 saturated heterocycles. The van der Waals surface area contributed by atoms with Gasteiger partial charge in [-0.05, 0) is 42.8 Å². The highest BCUT2D eigenvalue weighted by molar-refractivity contribution is 7.91. The number of halogens is 3. The molecule has 24 heavy (non-hydrogen) atoms. The minimum atomic E-state index is -5.81. The van der Waals surface area contributed by atoms with E-state index in [0.29, 0.717) is 5.56 Å². The van der Waals surface area contributed by atoms with Crippen LogP contribution in [0, 0.1) is 6.92 Å². The first-order valence-electron chi connectivity index (χ1n) is 6.37. The Bertz CT molecular complexity index is 947. The van der Waals surface area contributed by atoms with E-state index >= 15 is 0 Å². The molecule has 0 saturated carbocycles. The van der Waals surface area contributed by atoms with Gasteiger partial charge in [-0.1, -0.05) is 18.2 Å². The Kier molecular flexibility index (Phi) is 4.64. The number of hydrogen-bond acceptors (Lipinski definition) is 5. The average Bonchev–Trinajstić information content (AvgIpc) is 2.46. The summed E-state index contributed by atoms with van der Waals surface area (Å²) in [4.78, 5) is -0.157. The monoisotopic (exact) mass is 380 g/mol. The average molecular weight is 380 g/mol. The van der Waals surface area contributed by atoms with Crippen LogP contribution in [0.1, 0.15) is 5.56 Å². The molecule has 0 unspecified atom stereocenters. The predicted molar refractivity (Wildman–Crippen MR) is 78.7 cm³/mol. The van der Waals surface area contributed by atoms with Crippen molar-refractivity contribution in [2.75, 3.05) is 0 Å². The van der Waals surface area contributed by atoms with E-state index in [9.17, 15) is 30.0 Å². The van der Waals surface area contributed by atoms with Crippen molar-refractivity contribution in [2.24, 2.45) is 0 Å². The van der Waals surface area contributed by atoms with Crippen molar-refractivity contribution in [1.29, 1.82) is 0 Å². The lowest BCUT2D eigenvalue weighted by atomic mass is 10.2. The molecular weight excluding hydrogens is 369 g/mol. The maximum Gasteiger partial charge on any atom is 0.534 e. The van der Waals surface area contributed by atoms with Crippen LogP contribution in [0.15, 0.2) is 58.3 Å². The van der Waals surface area contributed by atoms with Gasteiger partial charge in [0.2, 0.25) is 9.84 Å². The van der Waals surface area contributed by atoms with Crippen LogP contribution in [0.2, 0.25) is 0 Å². The Balaban J connectivity index is 2.35. The molecule has 0 heterocycles. The van der Waals surface area contributed by atoms with Gasteiger partial charge in [0.15, 0.2) is 0 Å². The fourth-order valence-electron chi connectivity index (χ4n) is 1.83. The molecule has 0 amide bonds. The van der Waals surface area contributed by atoms with E-state index in [1.807, 2.05) is 0 Å². The summed E-state index contributed by atoms with van der Waals surface area (Å²) in [6.45, 7) is 1.60. The zero-order valence-electron chi connectivity index (χ0n) is 12.1. The van der Waals surface area contributed by atoms with Crippen LogP contribution >= 0.6 is 0 Å². The van der Waals surface area contributed by atoms with Gasteiger partial charge in [0.1, 0.15) is 5.75 Å². The molecule has 0 radical (unpaired) electrons. The second kappa shape index (κ2) is 6.10. The summed E-state index contributed by atoms with van der Waals surface area (Å²) in [7, 11) is -9.69. The third-order valence-electron chi connectivity index (χ3n) is 3.01. The predicted octanol–water partition coefficient (Wildman–Crippen LogP) is 3.06. The Labute approximate surface area is 136 Å². The molecule has 0 aromatic heterocycles. The molecule has 0 aliphatic heterocycles. The second-order valence-electron chi connectivity index (χ2n) is 4.72. The largest absolute Gasteiger partial charge is 0.534 e. The molecule has 2 aromatic carbocycles. The highest BCUT2D eigenvalue weighted by atomic mass is 32.2. The van der Waals surface area contributed by atoms with Crippen molar-refractivity contribution in [3.8, 4) is 5.75 Å². The standard InChI is InChI=1S/C14H11F3O5S2/c1-10-4-2-3-5-13(10)23(18,19)12-8-6-11(7-9-12)22-24(20,21)14(15,16)17/h2-9H,1H3. The zero-order valence-corrected chi connectivity index (χ0v) is 13.7. The molecule has 0 N–H and O–H groups in total. The molecule has 0 aliphatic rings. The first kappa shape index (κ1) is 18.3. The fraction of sp³-hybridized carbons (Fsp3) is 0.143. The summed E-state index contributed by atoms with van der Waals surface area (Å²) in [5.41, 5.74) is -5.07. The fourth-order valence-corrected chi connectivity index (χ4v) is 3.79. The molecule has 130 valence electrons. The summed E-state index contributed by atoms with van der Waals surface area (Å²) in [6, 6.07) is 9.82. The van der Waals surface area contributed by atoms with Crippen LogP contribution in [0.25, 0.3) is 0 Å². The van der Waals surface area contributed by atoms with E-state index in [-0.39, 0.29) is 9.79 Å². The summed E-state index contributed by atoms with van der Waals surface area (Å²) < 4.78 is 87.4. The quantitative estimate of drug-likeness (QED) is 0.602. The third kappa shape index (κ3) is 3.54. The van der Waals surface area contributed by atoms with Crippen LogP contribution in [0.5, 0.6) is 5.75 Å². The number of sulfone groups is 1. The van der Waals surface area contributed by atoms with Crippen LogP contribution in [0.3, 0.4) is 0 Å². The zero-order chi connectivity index (χ0) is 18.2. The number of alkyl halides is 3. The van der Waals surface area contributed by atoms with Gasteiger partial charge in [-0.15, -0.1) is 0 Å². The Morgan fingerprint density at radius 2 is 1.42 bits per heavy atom. The Morgan fingerprint density at radius 1 is 0.875 bits per heavy atom. The number of aryl methyl sites for hydroxylation is 1. The van der Waals surface area contributed by atoms with Crippen molar-refractivity contribution in [1.82, 2.24) is 0 Å². The lowest BCUT2D eigenvalue weighted by Gasteiger charge is -2.10. The SMILES string of the molecule is Cc1ccccc1S(=O)(=O)c1ccc(OS(=O)(=O)C(F)(F)F)cc1. The van der Waals surface area contributed by atoms with Gasteiger partial charge in [0.25, 0.3) is 0 Å². The van der Waals surface area contributed by atoms with Gasteiger partial charge in [-0.2, -0.15) is 21.6 Å². The second-order valence-corrected chi connectivity index (χ2v) is 8.18. The smallest absolute Gasteiger partial charge is 0.376 e. The van der Waals surface area contributed by atoms with E-state index in [2.05, 4.69) is 4.18 Å². The lowest BCUT2D eigenvalue weighted by molar-refractivity contribution is -0.0500. The maximum atomic E-state index is 12.5. The van der Waals surface area contributed by atoms with Crippen LogP contribution in [-0.4, -0.2) is 22.3 Å². The molecule has 10 heteroatoms. The Morgan fingerprint density at radius 3 is 1.92 bits per heavy atom. The minimum absolute atomic E-state index is 0.0431. The van der Waals surface area contributed by atoms with E-state index in [4.69, 9.17) is 0 Å².